The molecule has 2 N–H and O–H groups in total. The van der Waals surface area contributed by atoms with Crippen molar-refractivity contribution in [3.8, 4) is 16.9 Å². The fraction of sp³-hybridized carbons (Fsp3) is 0. The Morgan fingerprint density at radius 3 is 1.19 bits per heavy atom. The maximum atomic E-state index is 11.7. The monoisotopic (exact) mass is 664 g/mol. The first kappa shape index (κ1) is 28.8. The summed E-state index contributed by atoms with van der Waals surface area (Å²) in [7, 11) is 0. The lowest BCUT2D eigenvalue weighted by Gasteiger charge is -2.13. The number of aromatic hydroxyl groups is 1. The molecule has 0 saturated carbocycles. The van der Waals surface area contributed by atoms with Crippen LogP contribution < -0.4 is 0 Å². The second kappa shape index (κ2) is 10.5. The third-order valence-electron chi connectivity index (χ3n) is 11.0. The van der Waals surface area contributed by atoms with Crippen molar-refractivity contribution >= 4 is 103 Å². The highest BCUT2D eigenvalue weighted by Crippen LogP contribution is 2.40. The molecular formula is C49H28O3. The first-order valence-electron chi connectivity index (χ1n) is 17.5. The average Bonchev–Trinajstić information content (AvgIpc) is 3.15. The molecule has 3 nitrogen and oxygen atoms in total. The van der Waals surface area contributed by atoms with Crippen LogP contribution >= 0.6 is 0 Å². The second-order valence-corrected chi connectivity index (χ2v) is 14.1. The van der Waals surface area contributed by atoms with E-state index in [0.717, 1.165) is 32.5 Å². The molecule has 0 heterocycles. The Hall–Kier alpha value is -6.97. The molecule has 11 aromatic rings. The van der Waals surface area contributed by atoms with Crippen LogP contribution in [-0.2, 0) is 0 Å². The third-order valence-corrected chi connectivity index (χ3v) is 11.0. The molecule has 11 rings (SSSR count). The number of aromatic carboxylic acids is 1. The van der Waals surface area contributed by atoms with E-state index in [-0.39, 0.29) is 11.3 Å². The summed E-state index contributed by atoms with van der Waals surface area (Å²) in [6.45, 7) is 0. The van der Waals surface area contributed by atoms with Crippen LogP contribution in [0, 0.1) is 0 Å². The van der Waals surface area contributed by atoms with Crippen LogP contribution in [0.2, 0.25) is 0 Å². The Kier molecular flexibility index (Phi) is 5.83. The zero-order chi connectivity index (χ0) is 34.7. The van der Waals surface area contributed by atoms with Crippen molar-refractivity contribution < 1.29 is 15.0 Å². The lowest BCUT2D eigenvalue weighted by Crippen LogP contribution is -1.96. The predicted molar refractivity (Wildman–Crippen MR) is 218 cm³/mol. The summed E-state index contributed by atoms with van der Waals surface area (Å²) in [6.07, 6.45) is 0. The highest BCUT2D eigenvalue weighted by Gasteiger charge is 2.14. The third kappa shape index (κ3) is 4.36. The van der Waals surface area contributed by atoms with E-state index in [9.17, 15) is 15.0 Å². The van der Waals surface area contributed by atoms with Crippen LogP contribution in [0.3, 0.4) is 0 Å². The molecule has 0 aliphatic heterocycles. The highest BCUT2D eigenvalue weighted by atomic mass is 16.4. The Morgan fingerprint density at radius 1 is 0.327 bits per heavy atom. The quantitative estimate of drug-likeness (QED) is 0.143. The number of carboxylic acid groups (broad SMARTS) is 1. The van der Waals surface area contributed by atoms with Crippen LogP contribution in [0.5, 0.6) is 5.75 Å². The number of phenols is 1. The molecule has 0 atom stereocenters. The summed E-state index contributed by atoms with van der Waals surface area (Å²) in [6, 6.07) is 55.4. The van der Waals surface area contributed by atoms with Gasteiger partial charge in [0.15, 0.2) is 0 Å². The minimum atomic E-state index is -1.03. The first-order chi connectivity index (χ1) is 25.4. The molecule has 0 amide bonds. The molecule has 11 aromatic carbocycles. The number of rotatable bonds is 2. The molecule has 0 aliphatic carbocycles. The van der Waals surface area contributed by atoms with E-state index in [1.54, 1.807) is 6.07 Å². The van der Waals surface area contributed by atoms with Gasteiger partial charge in [0.05, 0.1) is 5.56 Å². The van der Waals surface area contributed by atoms with Crippen molar-refractivity contribution in [1.82, 2.24) is 0 Å². The zero-order valence-electron chi connectivity index (χ0n) is 27.8. The summed E-state index contributed by atoms with van der Waals surface area (Å²) in [5.41, 5.74) is 1.44. The van der Waals surface area contributed by atoms with Gasteiger partial charge in [-0.1, -0.05) is 54.6 Å². The maximum Gasteiger partial charge on any atom is 0.335 e. The number of hydrogen-bond donors (Lipinski definition) is 2. The minimum Gasteiger partial charge on any atom is -0.507 e. The van der Waals surface area contributed by atoms with Gasteiger partial charge in [-0.15, -0.1) is 0 Å². The fourth-order valence-electron chi connectivity index (χ4n) is 8.40. The summed E-state index contributed by atoms with van der Waals surface area (Å²) in [5, 5.41) is 41.7. The minimum absolute atomic E-state index is 0.0527. The van der Waals surface area contributed by atoms with E-state index in [0.29, 0.717) is 5.56 Å². The molecule has 0 saturated heterocycles. The van der Waals surface area contributed by atoms with Gasteiger partial charge >= 0.3 is 5.97 Å². The van der Waals surface area contributed by atoms with Gasteiger partial charge < -0.3 is 10.2 Å². The van der Waals surface area contributed by atoms with Gasteiger partial charge in [0.25, 0.3) is 0 Å². The van der Waals surface area contributed by atoms with Gasteiger partial charge in [-0.05, 0) is 206 Å². The van der Waals surface area contributed by atoms with Crippen molar-refractivity contribution in [3.05, 3.63) is 163 Å². The van der Waals surface area contributed by atoms with E-state index < -0.39 is 5.97 Å². The number of fused-ring (bicyclic) bond motifs is 10. The molecule has 0 aliphatic rings. The van der Waals surface area contributed by atoms with Crippen LogP contribution in [-0.4, -0.2) is 16.2 Å². The van der Waals surface area contributed by atoms with Crippen LogP contribution in [0.1, 0.15) is 10.4 Å². The van der Waals surface area contributed by atoms with E-state index in [1.165, 1.54) is 82.2 Å². The van der Waals surface area contributed by atoms with Crippen molar-refractivity contribution in [3.63, 3.8) is 0 Å². The predicted octanol–water partition coefficient (Wildman–Crippen LogP) is 13.1. The van der Waals surface area contributed by atoms with E-state index in [1.807, 2.05) is 12.1 Å². The Morgan fingerprint density at radius 2 is 0.712 bits per heavy atom. The van der Waals surface area contributed by atoms with E-state index in [4.69, 9.17) is 0 Å². The topological polar surface area (TPSA) is 57.5 Å². The molecule has 0 radical (unpaired) electrons. The second-order valence-electron chi connectivity index (χ2n) is 14.1. The van der Waals surface area contributed by atoms with Crippen molar-refractivity contribution in [1.29, 1.82) is 0 Å². The molecule has 242 valence electrons. The number of carbonyl (C=O) groups is 1. The van der Waals surface area contributed by atoms with E-state index in [2.05, 4.69) is 127 Å². The van der Waals surface area contributed by atoms with Crippen molar-refractivity contribution in [2.75, 3.05) is 0 Å². The molecule has 0 aromatic heterocycles. The number of benzene rings is 11. The zero-order valence-corrected chi connectivity index (χ0v) is 27.8. The Bertz CT molecular complexity index is 3390. The Labute approximate surface area is 297 Å². The highest BCUT2D eigenvalue weighted by molar-refractivity contribution is 6.19. The van der Waals surface area contributed by atoms with E-state index >= 15 is 0 Å². The maximum absolute atomic E-state index is 11.7. The molecule has 0 unspecified atom stereocenters. The summed E-state index contributed by atoms with van der Waals surface area (Å²) >= 11 is 0. The molecule has 52 heavy (non-hydrogen) atoms. The lowest BCUT2D eigenvalue weighted by molar-refractivity contribution is 0.0697. The van der Waals surface area contributed by atoms with Gasteiger partial charge in [0, 0.05) is 5.56 Å². The van der Waals surface area contributed by atoms with Crippen molar-refractivity contribution in [2.24, 2.45) is 0 Å². The summed E-state index contributed by atoms with van der Waals surface area (Å²) in [4.78, 5) is 11.7. The lowest BCUT2D eigenvalue weighted by atomic mass is 9.91. The van der Waals surface area contributed by atoms with Crippen molar-refractivity contribution in [2.45, 2.75) is 0 Å². The van der Waals surface area contributed by atoms with Crippen LogP contribution in [0.25, 0.3) is 108 Å². The number of carboxylic acids is 1. The van der Waals surface area contributed by atoms with Crippen LogP contribution in [0.4, 0.5) is 0 Å². The molecule has 0 spiro atoms. The Balaban J connectivity index is 1.10. The standard InChI is InChI=1S/C49H28O3/c50-48-11-10-32(49(51)52)23-47(48)43-7-3-6-29-14-35-19-36-15-30-8-9-31-16-37-20-38-17-33-12-27-4-1-2-5-28(27)13-34(33)18-39(38)21-40(37)25-45(31)46(30)26-42(36)22-41(35)24-44(29)43/h1-26,50H,(H,51,52). The smallest absolute Gasteiger partial charge is 0.335 e. The first-order valence-corrected chi connectivity index (χ1v) is 17.5. The van der Waals surface area contributed by atoms with Gasteiger partial charge in [-0.3, -0.25) is 0 Å². The van der Waals surface area contributed by atoms with Gasteiger partial charge in [0.1, 0.15) is 5.75 Å². The molecule has 0 bridgehead atoms. The number of phenolic OH excluding ortho intramolecular Hbond substituents is 1. The fourth-order valence-corrected chi connectivity index (χ4v) is 8.40. The molecular weight excluding hydrogens is 637 g/mol. The largest absolute Gasteiger partial charge is 0.507 e. The van der Waals surface area contributed by atoms with Gasteiger partial charge in [0.2, 0.25) is 0 Å². The van der Waals surface area contributed by atoms with Gasteiger partial charge in [-0.25, -0.2) is 4.79 Å². The SMILES string of the molecule is O=C(O)c1ccc(O)c(-c2cccc3cc4cc5cc6ccc7cc8cc9cc%10cc%11ccccc%11cc%10cc9cc8cc7c6cc5cc4cc23)c1. The number of hydrogen-bond acceptors (Lipinski definition) is 2. The normalized spacial score (nSPS) is 12.1. The van der Waals surface area contributed by atoms with Gasteiger partial charge in [-0.2, -0.15) is 0 Å². The molecule has 0 fully saturated rings. The summed E-state index contributed by atoms with van der Waals surface area (Å²) < 4.78 is 0. The average molecular weight is 665 g/mol. The summed E-state index contributed by atoms with van der Waals surface area (Å²) in [5.74, 6) is -0.973. The molecule has 3 heteroatoms. The van der Waals surface area contributed by atoms with Crippen LogP contribution in [0.15, 0.2) is 158 Å².